The van der Waals surface area contributed by atoms with Crippen LogP contribution in [0.4, 0.5) is 0 Å². The molecule has 1 aliphatic heterocycles. The van der Waals surface area contributed by atoms with Crippen molar-refractivity contribution < 1.29 is 14.3 Å². The Labute approximate surface area is 118 Å². The maximum Gasteiger partial charge on any atom is 0.251 e. The van der Waals surface area contributed by atoms with Crippen LogP contribution in [-0.4, -0.2) is 49.6 Å². The van der Waals surface area contributed by atoms with E-state index in [1.807, 2.05) is 32.0 Å². The molecule has 0 unspecified atom stereocenters. The molecule has 5 heteroatoms. The summed E-state index contributed by atoms with van der Waals surface area (Å²) >= 11 is 0. The highest BCUT2D eigenvalue weighted by Gasteiger charge is 2.18. The number of rotatable bonds is 4. The molecule has 1 aromatic rings. The average molecular weight is 276 g/mol. The third kappa shape index (κ3) is 3.57. The summed E-state index contributed by atoms with van der Waals surface area (Å²) in [5.74, 6) is -0.120. The summed E-state index contributed by atoms with van der Waals surface area (Å²) in [7, 11) is 0. The molecule has 1 fully saturated rings. The lowest BCUT2D eigenvalue weighted by molar-refractivity contribution is -0.142. The normalized spacial score (nSPS) is 15.3. The molecule has 2 amide bonds. The number of hydrogen-bond donors (Lipinski definition) is 1. The number of benzene rings is 1. The van der Waals surface area contributed by atoms with E-state index >= 15 is 0 Å². The van der Waals surface area contributed by atoms with Gasteiger partial charge in [-0.3, -0.25) is 9.59 Å². The third-order valence-electron chi connectivity index (χ3n) is 3.52. The quantitative estimate of drug-likeness (QED) is 0.888. The maximum absolute atomic E-state index is 12.0. The highest BCUT2D eigenvalue weighted by Crippen LogP contribution is 2.09. The van der Waals surface area contributed by atoms with Crippen LogP contribution in [0, 0.1) is 13.8 Å². The first-order valence-corrected chi connectivity index (χ1v) is 6.79. The van der Waals surface area contributed by atoms with E-state index in [-0.39, 0.29) is 18.4 Å². The van der Waals surface area contributed by atoms with Gasteiger partial charge in [0, 0.05) is 25.2 Å². The zero-order valence-corrected chi connectivity index (χ0v) is 11.9. The Balaban J connectivity index is 1.82. The molecular weight excluding hydrogens is 256 g/mol. The van der Waals surface area contributed by atoms with Gasteiger partial charge >= 0.3 is 0 Å². The van der Waals surface area contributed by atoms with Crippen molar-refractivity contribution in [3.05, 3.63) is 34.9 Å². The smallest absolute Gasteiger partial charge is 0.251 e. The molecule has 0 bridgehead atoms. The second kappa shape index (κ2) is 6.52. The fraction of sp³-hybridized carbons (Fsp3) is 0.467. The van der Waals surface area contributed by atoms with E-state index in [2.05, 4.69) is 5.32 Å². The highest BCUT2D eigenvalue weighted by atomic mass is 16.5. The van der Waals surface area contributed by atoms with Crippen LogP contribution in [0.2, 0.25) is 0 Å². The summed E-state index contributed by atoms with van der Waals surface area (Å²) in [6, 6.07) is 5.64. The molecule has 20 heavy (non-hydrogen) atoms. The topological polar surface area (TPSA) is 58.6 Å². The van der Waals surface area contributed by atoms with E-state index in [4.69, 9.17) is 4.74 Å². The first-order chi connectivity index (χ1) is 9.58. The van der Waals surface area contributed by atoms with Crippen molar-refractivity contribution in [2.75, 3.05) is 32.8 Å². The zero-order valence-electron chi connectivity index (χ0n) is 11.9. The van der Waals surface area contributed by atoms with Gasteiger partial charge in [0.2, 0.25) is 5.91 Å². The Morgan fingerprint density at radius 2 is 2.15 bits per heavy atom. The maximum atomic E-state index is 12.0. The van der Waals surface area contributed by atoms with Crippen LogP contribution in [0.15, 0.2) is 18.2 Å². The molecule has 0 aromatic heterocycles. The van der Waals surface area contributed by atoms with Crippen molar-refractivity contribution in [2.24, 2.45) is 0 Å². The van der Waals surface area contributed by atoms with Crippen molar-refractivity contribution >= 4 is 11.8 Å². The summed E-state index contributed by atoms with van der Waals surface area (Å²) in [6.07, 6.45) is 0. The van der Waals surface area contributed by atoms with E-state index in [9.17, 15) is 9.59 Å². The van der Waals surface area contributed by atoms with E-state index in [1.165, 1.54) is 5.56 Å². The van der Waals surface area contributed by atoms with Crippen molar-refractivity contribution in [3.8, 4) is 0 Å². The Morgan fingerprint density at radius 1 is 1.35 bits per heavy atom. The molecule has 0 atom stereocenters. The number of amides is 2. The zero-order chi connectivity index (χ0) is 14.5. The van der Waals surface area contributed by atoms with Crippen molar-refractivity contribution in [2.45, 2.75) is 13.8 Å². The van der Waals surface area contributed by atoms with Gasteiger partial charge < -0.3 is 15.0 Å². The first kappa shape index (κ1) is 14.5. The lowest BCUT2D eigenvalue weighted by Gasteiger charge is -2.26. The Morgan fingerprint density at radius 3 is 2.85 bits per heavy atom. The van der Waals surface area contributed by atoms with Crippen molar-refractivity contribution in [3.63, 3.8) is 0 Å². The molecular formula is C15H20N2O3. The van der Waals surface area contributed by atoms with Gasteiger partial charge in [-0.25, -0.2) is 0 Å². The monoisotopic (exact) mass is 276 g/mol. The van der Waals surface area contributed by atoms with Gasteiger partial charge in [0.05, 0.1) is 6.61 Å². The largest absolute Gasteiger partial charge is 0.370 e. The molecule has 0 radical (unpaired) electrons. The number of morpholine rings is 1. The van der Waals surface area contributed by atoms with Crippen LogP contribution >= 0.6 is 0 Å². The predicted octanol–water partition coefficient (Wildman–Crippen LogP) is 0.892. The number of hydrogen-bond acceptors (Lipinski definition) is 3. The van der Waals surface area contributed by atoms with Gasteiger partial charge in [0.15, 0.2) is 0 Å². The summed E-state index contributed by atoms with van der Waals surface area (Å²) < 4.78 is 5.05. The van der Waals surface area contributed by atoms with E-state index in [0.29, 0.717) is 31.8 Å². The summed E-state index contributed by atoms with van der Waals surface area (Å²) in [6.45, 7) is 6.29. The first-order valence-electron chi connectivity index (χ1n) is 6.79. The van der Waals surface area contributed by atoms with E-state index in [1.54, 1.807) is 4.90 Å². The molecule has 1 N–H and O–H groups in total. The molecule has 1 aromatic carbocycles. The van der Waals surface area contributed by atoms with Gasteiger partial charge in [-0.15, -0.1) is 0 Å². The minimum absolute atomic E-state index is 0.0170. The molecule has 1 aliphatic rings. The second-order valence-corrected chi connectivity index (χ2v) is 4.99. The lowest BCUT2D eigenvalue weighted by atomic mass is 10.1. The fourth-order valence-corrected chi connectivity index (χ4v) is 2.08. The van der Waals surface area contributed by atoms with Gasteiger partial charge in [-0.05, 0) is 37.1 Å². The lowest BCUT2D eigenvalue weighted by Crippen LogP contribution is -2.45. The minimum atomic E-state index is -0.103. The highest BCUT2D eigenvalue weighted by molar-refractivity contribution is 5.94. The standard InChI is InChI=1S/C15H20N2O3/c1-11-3-4-13(9-12(11)2)15(19)16-5-6-17-7-8-20-10-14(17)18/h3-4,9H,5-8,10H2,1-2H3,(H,16,19). The summed E-state index contributed by atoms with van der Waals surface area (Å²) in [4.78, 5) is 25.2. The molecule has 108 valence electrons. The average Bonchev–Trinajstić information content (AvgIpc) is 2.44. The molecule has 0 aliphatic carbocycles. The third-order valence-corrected chi connectivity index (χ3v) is 3.52. The second-order valence-electron chi connectivity index (χ2n) is 4.99. The number of carbonyl (C=O) groups is 2. The molecule has 2 rings (SSSR count). The Hall–Kier alpha value is -1.88. The van der Waals surface area contributed by atoms with E-state index < -0.39 is 0 Å². The van der Waals surface area contributed by atoms with Crippen molar-refractivity contribution in [1.29, 1.82) is 0 Å². The number of carbonyl (C=O) groups excluding carboxylic acids is 2. The van der Waals surface area contributed by atoms with Gasteiger partial charge in [-0.1, -0.05) is 6.07 Å². The van der Waals surface area contributed by atoms with Gasteiger partial charge in [0.25, 0.3) is 5.91 Å². The summed E-state index contributed by atoms with van der Waals surface area (Å²) in [5, 5.41) is 2.84. The van der Waals surface area contributed by atoms with E-state index in [0.717, 1.165) is 5.56 Å². The Kier molecular flexibility index (Phi) is 4.74. The van der Waals surface area contributed by atoms with Gasteiger partial charge in [-0.2, -0.15) is 0 Å². The fourth-order valence-electron chi connectivity index (χ4n) is 2.08. The van der Waals surface area contributed by atoms with Crippen molar-refractivity contribution in [1.82, 2.24) is 10.2 Å². The van der Waals surface area contributed by atoms with Crippen LogP contribution in [0.1, 0.15) is 21.5 Å². The van der Waals surface area contributed by atoms with Crippen LogP contribution in [0.5, 0.6) is 0 Å². The number of ether oxygens (including phenoxy) is 1. The molecule has 0 saturated carbocycles. The van der Waals surface area contributed by atoms with Crippen LogP contribution in [0.25, 0.3) is 0 Å². The van der Waals surface area contributed by atoms with Crippen LogP contribution in [-0.2, 0) is 9.53 Å². The molecule has 1 heterocycles. The number of aryl methyl sites for hydroxylation is 2. The number of nitrogens with one attached hydrogen (secondary N) is 1. The minimum Gasteiger partial charge on any atom is -0.370 e. The SMILES string of the molecule is Cc1ccc(C(=O)NCCN2CCOCC2=O)cc1C. The van der Waals surface area contributed by atoms with Crippen LogP contribution < -0.4 is 5.32 Å². The van der Waals surface area contributed by atoms with Crippen LogP contribution in [0.3, 0.4) is 0 Å². The summed E-state index contributed by atoms with van der Waals surface area (Å²) in [5.41, 5.74) is 2.92. The number of nitrogens with zero attached hydrogens (tertiary/aromatic N) is 1. The van der Waals surface area contributed by atoms with Gasteiger partial charge in [0.1, 0.15) is 6.61 Å². The molecule has 1 saturated heterocycles. The Bertz CT molecular complexity index is 514. The molecule has 5 nitrogen and oxygen atoms in total. The predicted molar refractivity (Wildman–Crippen MR) is 75.6 cm³/mol. The molecule has 0 spiro atoms.